The summed E-state index contributed by atoms with van der Waals surface area (Å²) < 4.78 is 6.11. The van der Waals surface area contributed by atoms with Gasteiger partial charge in [0.1, 0.15) is 6.23 Å². The highest BCUT2D eigenvalue weighted by Gasteiger charge is 2.21. The Morgan fingerprint density at radius 1 is 1.56 bits per heavy atom. The van der Waals surface area contributed by atoms with Gasteiger partial charge in [-0.25, -0.2) is 4.79 Å². The number of carboxylic acid groups (broad SMARTS) is 1. The average Bonchev–Trinajstić information content (AvgIpc) is 2.69. The molecule has 86 valence electrons. The average molecular weight is 225 g/mol. The Labute approximate surface area is 89.3 Å². The molecule has 7 nitrogen and oxygen atoms in total. The molecule has 0 radical (unpaired) electrons. The lowest BCUT2D eigenvalue weighted by atomic mass is 10.3. The first-order valence-corrected chi connectivity index (χ1v) is 4.78. The summed E-state index contributed by atoms with van der Waals surface area (Å²) in [4.78, 5) is 35.3. The van der Waals surface area contributed by atoms with E-state index in [9.17, 15) is 19.5 Å². The third-order valence-corrected chi connectivity index (χ3v) is 2.38. The lowest BCUT2D eigenvalue weighted by Crippen LogP contribution is -2.39. The van der Waals surface area contributed by atoms with Crippen LogP contribution in [0, 0.1) is 0 Å². The monoisotopic (exact) mass is 225 g/mol. The highest BCUT2D eigenvalue weighted by atomic mass is 16.5. The van der Waals surface area contributed by atoms with Crippen molar-refractivity contribution in [1.29, 1.82) is 0 Å². The molecule has 1 aliphatic heterocycles. The Kier molecular flexibility index (Phi) is 2.61. The summed E-state index contributed by atoms with van der Waals surface area (Å²) in [5.74, 6) is -1.57. The molecule has 1 atom stereocenters. The molecule has 0 aliphatic carbocycles. The van der Waals surface area contributed by atoms with Crippen LogP contribution in [-0.4, -0.2) is 22.1 Å². The first kappa shape index (κ1) is 10.6. The minimum atomic E-state index is -1.57. The highest BCUT2D eigenvalue weighted by molar-refractivity contribution is 5.83. The number of hydrogen-bond donors (Lipinski definition) is 1. The van der Waals surface area contributed by atoms with Crippen molar-refractivity contribution in [2.45, 2.75) is 19.1 Å². The van der Waals surface area contributed by atoms with Gasteiger partial charge in [0.05, 0.1) is 11.7 Å². The van der Waals surface area contributed by atoms with Crippen molar-refractivity contribution in [3.63, 3.8) is 0 Å². The number of carboxylic acids is 1. The number of aromatic carboxylic acids is 1. The summed E-state index contributed by atoms with van der Waals surface area (Å²) in [6.45, 7) is 0.461. The van der Waals surface area contributed by atoms with Crippen LogP contribution in [0.1, 0.15) is 29.6 Å². The molecule has 0 bridgehead atoms. The summed E-state index contributed by atoms with van der Waals surface area (Å²) in [5, 5.41) is 10.8. The van der Waals surface area contributed by atoms with Crippen molar-refractivity contribution in [2.75, 3.05) is 6.61 Å². The molecule has 0 aromatic carbocycles. The maximum atomic E-state index is 11.5. The molecule has 1 aromatic rings. The van der Waals surface area contributed by atoms with Gasteiger partial charge in [-0.05, 0) is 12.8 Å². The van der Waals surface area contributed by atoms with Gasteiger partial charge in [-0.2, -0.15) is 0 Å². The molecule has 1 aliphatic rings. The van der Waals surface area contributed by atoms with E-state index in [1.807, 2.05) is 4.98 Å². The number of carbonyl (C=O) groups excluding carboxylic acids is 1. The van der Waals surface area contributed by atoms with Crippen LogP contribution >= 0.6 is 0 Å². The molecule has 7 heteroatoms. The van der Waals surface area contributed by atoms with E-state index in [0.717, 1.165) is 17.1 Å². The Morgan fingerprint density at radius 3 is 2.88 bits per heavy atom. The molecule has 1 aromatic heterocycles. The molecule has 0 spiro atoms. The maximum Gasteiger partial charge on any atom is 0.330 e. The van der Waals surface area contributed by atoms with Gasteiger partial charge >= 0.3 is 5.69 Å². The van der Waals surface area contributed by atoms with E-state index in [-0.39, 0.29) is 0 Å². The van der Waals surface area contributed by atoms with Crippen molar-refractivity contribution in [1.82, 2.24) is 9.55 Å². The first-order valence-electron chi connectivity index (χ1n) is 4.78. The van der Waals surface area contributed by atoms with E-state index in [1.54, 1.807) is 0 Å². The van der Waals surface area contributed by atoms with Crippen LogP contribution < -0.4 is 16.4 Å². The lowest BCUT2D eigenvalue weighted by molar-refractivity contribution is -0.256. The number of hydrogen-bond acceptors (Lipinski definition) is 5. The van der Waals surface area contributed by atoms with Crippen LogP contribution in [0.15, 0.2) is 15.7 Å². The molecule has 0 amide bonds. The number of carbonyl (C=O) groups is 1. The van der Waals surface area contributed by atoms with Crippen molar-refractivity contribution in [3.8, 4) is 0 Å². The molecule has 2 heterocycles. The summed E-state index contributed by atoms with van der Waals surface area (Å²) >= 11 is 0. The number of ether oxygens (including phenoxy) is 1. The topological polar surface area (TPSA) is 104 Å². The number of aromatic amines is 1. The van der Waals surface area contributed by atoms with Gasteiger partial charge in [0, 0.05) is 12.7 Å². The van der Waals surface area contributed by atoms with Crippen molar-refractivity contribution >= 4 is 5.97 Å². The molecule has 16 heavy (non-hydrogen) atoms. The Bertz CT molecular complexity index is 523. The Balaban J connectivity index is 2.61. The summed E-state index contributed by atoms with van der Waals surface area (Å²) in [6, 6.07) is 0.818. The predicted molar refractivity (Wildman–Crippen MR) is 49.9 cm³/mol. The van der Waals surface area contributed by atoms with Gasteiger partial charge in [-0.3, -0.25) is 14.3 Å². The normalized spacial score (nSPS) is 19.9. The SMILES string of the molecule is O=C([O-])c1cc(=O)[nH]c(=O)n1C1CCCO1. The maximum absolute atomic E-state index is 11.5. The largest absolute Gasteiger partial charge is 0.543 e. The van der Waals surface area contributed by atoms with Gasteiger partial charge in [0.2, 0.25) is 0 Å². The van der Waals surface area contributed by atoms with Gasteiger partial charge in [0.15, 0.2) is 0 Å². The second-order valence-electron chi connectivity index (χ2n) is 3.45. The lowest BCUT2D eigenvalue weighted by Gasteiger charge is -2.17. The molecule has 2 rings (SSSR count). The van der Waals surface area contributed by atoms with E-state index < -0.39 is 29.1 Å². The zero-order valence-electron chi connectivity index (χ0n) is 8.26. The van der Waals surface area contributed by atoms with Crippen LogP contribution in [0.25, 0.3) is 0 Å². The number of nitrogens with zero attached hydrogens (tertiary/aromatic N) is 1. The fourth-order valence-electron chi connectivity index (χ4n) is 1.71. The molecular weight excluding hydrogens is 216 g/mol. The third-order valence-electron chi connectivity index (χ3n) is 2.38. The zero-order valence-corrected chi connectivity index (χ0v) is 8.26. The van der Waals surface area contributed by atoms with Crippen molar-refractivity contribution in [3.05, 3.63) is 32.6 Å². The number of aromatic nitrogens is 2. The quantitative estimate of drug-likeness (QED) is 0.640. The molecule has 1 N–H and O–H groups in total. The summed E-state index contributed by atoms with van der Waals surface area (Å²) in [6.07, 6.45) is 0.631. The van der Waals surface area contributed by atoms with Gasteiger partial charge in [-0.15, -0.1) is 0 Å². The second kappa shape index (κ2) is 3.93. The van der Waals surface area contributed by atoms with Gasteiger partial charge in [0.25, 0.3) is 5.56 Å². The third kappa shape index (κ3) is 1.76. The summed E-state index contributed by atoms with van der Waals surface area (Å²) in [5.41, 5.74) is -2.02. The van der Waals surface area contributed by atoms with Crippen LogP contribution in [0.5, 0.6) is 0 Å². The van der Waals surface area contributed by atoms with Gasteiger partial charge in [-0.1, -0.05) is 0 Å². The standard InChI is InChI=1S/C9H10N2O5/c12-6-4-5(8(13)14)11(9(15)10-6)7-2-1-3-16-7/h4,7H,1-3H2,(H,13,14)(H,10,12,15)/p-1. The second-order valence-corrected chi connectivity index (χ2v) is 3.45. The van der Waals surface area contributed by atoms with Crippen molar-refractivity contribution < 1.29 is 14.6 Å². The molecule has 0 saturated carbocycles. The highest BCUT2D eigenvalue weighted by Crippen LogP contribution is 2.21. The van der Waals surface area contributed by atoms with E-state index in [4.69, 9.17) is 4.74 Å². The van der Waals surface area contributed by atoms with Crippen LogP contribution in [0.4, 0.5) is 0 Å². The number of nitrogens with one attached hydrogen (secondary N) is 1. The first-order chi connectivity index (χ1) is 7.59. The Morgan fingerprint density at radius 2 is 2.31 bits per heavy atom. The van der Waals surface area contributed by atoms with E-state index in [0.29, 0.717) is 13.0 Å². The fraction of sp³-hybridized carbons (Fsp3) is 0.444. The number of H-pyrrole nitrogens is 1. The van der Waals surface area contributed by atoms with Crippen molar-refractivity contribution in [2.24, 2.45) is 0 Å². The van der Waals surface area contributed by atoms with E-state index in [2.05, 4.69) is 0 Å². The van der Waals surface area contributed by atoms with E-state index in [1.165, 1.54) is 0 Å². The molecule has 1 fully saturated rings. The van der Waals surface area contributed by atoms with Crippen LogP contribution in [0.3, 0.4) is 0 Å². The smallest absolute Gasteiger partial charge is 0.330 e. The minimum Gasteiger partial charge on any atom is -0.543 e. The summed E-state index contributed by atoms with van der Waals surface area (Å²) in [7, 11) is 0. The van der Waals surface area contributed by atoms with E-state index >= 15 is 0 Å². The minimum absolute atomic E-state index is 0.458. The molecule has 1 saturated heterocycles. The van der Waals surface area contributed by atoms with Crippen LogP contribution in [-0.2, 0) is 4.74 Å². The number of rotatable bonds is 2. The Hall–Kier alpha value is -1.89. The zero-order chi connectivity index (χ0) is 11.7. The fourth-order valence-corrected chi connectivity index (χ4v) is 1.71. The molecule has 1 unspecified atom stereocenters. The van der Waals surface area contributed by atoms with Gasteiger partial charge < -0.3 is 14.6 Å². The van der Waals surface area contributed by atoms with Crippen LogP contribution in [0.2, 0.25) is 0 Å². The molecular formula is C9H9N2O5-. The predicted octanol–water partition coefficient (Wildman–Crippen LogP) is -1.79.